The fourth-order valence-electron chi connectivity index (χ4n) is 9.89. The summed E-state index contributed by atoms with van der Waals surface area (Å²) in [6.45, 7) is 10.2. The van der Waals surface area contributed by atoms with Crippen LogP contribution in [0.4, 0.5) is 0 Å². The summed E-state index contributed by atoms with van der Waals surface area (Å²) in [7, 11) is 0. The Hall–Kier alpha value is -1.26. The molecule has 200 valence electrons. The van der Waals surface area contributed by atoms with Crippen molar-refractivity contribution in [3.05, 3.63) is 30.1 Å². The van der Waals surface area contributed by atoms with Crippen LogP contribution in [0.3, 0.4) is 0 Å². The van der Waals surface area contributed by atoms with E-state index >= 15 is 0 Å². The normalized spacial score (nSPS) is 42.8. The van der Waals surface area contributed by atoms with E-state index in [1.165, 1.54) is 44.9 Å². The number of rotatable bonds is 8. The molecule has 2 N–H and O–H groups in total. The molecule has 1 aromatic heterocycles. The molecule has 4 nitrogen and oxygen atoms in total. The van der Waals surface area contributed by atoms with E-state index in [4.69, 9.17) is 0 Å². The van der Waals surface area contributed by atoms with Crippen molar-refractivity contribution in [1.29, 1.82) is 0 Å². The van der Waals surface area contributed by atoms with Gasteiger partial charge in [0.15, 0.2) is 0 Å². The van der Waals surface area contributed by atoms with Crippen molar-refractivity contribution in [2.24, 2.45) is 46.3 Å². The number of hydrogen-bond donors (Lipinski definition) is 2. The van der Waals surface area contributed by atoms with Crippen LogP contribution < -0.4 is 5.32 Å². The highest BCUT2D eigenvalue weighted by Gasteiger charge is 2.63. The lowest BCUT2D eigenvalue weighted by Gasteiger charge is -2.62. The number of aromatic nitrogens is 1. The van der Waals surface area contributed by atoms with Gasteiger partial charge in [-0.1, -0.05) is 33.8 Å². The number of nitrogens with one attached hydrogen (secondary N) is 1. The molecule has 0 radical (unpaired) electrons. The highest BCUT2D eigenvalue weighted by atomic mass is 16.3. The lowest BCUT2D eigenvalue weighted by molar-refractivity contribution is -0.169. The van der Waals surface area contributed by atoms with Gasteiger partial charge in [0.25, 0.3) is 0 Å². The third-order valence-corrected chi connectivity index (χ3v) is 12.1. The molecule has 3 unspecified atom stereocenters. The van der Waals surface area contributed by atoms with Gasteiger partial charge in [-0.15, -0.1) is 0 Å². The van der Waals surface area contributed by atoms with E-state index in [-0.39, 0.29) is 11.5 Å². The quantitative estimate of drug-likeness (QED) is 0.429. The molecular formula is C32H50N2O2. The van der Waals surface area contributed by atoms with Crippen molar-refractivity contribution >= 4 is 5.78 Å². The van der Waals surface area contributed by atoms with Crippen molar-refractivity contribution in [3.63, 3.8) is 0 Å². The van der Waals surface area contributed by atoms with Crippen LogP contribution in [0.15, 0.2) is 24.4 Å². The highest BCUT2D eigenvalue weighted by Crippen LogP contribution is 2.68. The number of fused-ring (bicyclic) bond motifs is 5. The number of carbonyl (C=O) groups excluding carboxylic acids is 1. The number of ketones is 1. The third kappa shape index (κ3) is 4.59. The van der Waals surface area contributed by atoms with Gasteiger partial charge in [0.1, 0.15) is 5.78 Å². The van der Waals surface area contributed by atoms with Crippen LogP contribution in [0.25, 0.3) is 0 Å². The number of Topliss-reactive ketones (excluding diaryl/α,β-unsaturated/α-hetero) is 1. The molecule has 4 aliphatic carbocycles. The van der Waals surface area contributed by atoms with Gasteiger partial charge < -0.3 is 10.4 Å². The smallest absolute Gasteiger partial charge is 0.132 e. The molecule has 4 heteroatoms. The van der Waals surface area contributed by atoms with Crippen LogP contribution in [0.5, 0.6) is 0 Å². The molecule has 0 saturated heterocycles. The summed E-state index contributed by atoms with van der Waals surface area (Å²) in [5.74, 6) is 4.32. The predicted molar refractivity (Wildman–Crippen MR) is 145 cm³/mol. The van der Waals surface area contributed by atoms with Crippen molar-refractivity contribution in [1.82, 2.24) is 10.3 Å². The maximum atomic E-state index is 12.0. The van der Waals surface area contributed by atoms with E-state index in [2.05, 4.69) is 43.2 Å². The molecule has 4 fully saturated rings. The summed E-state index contributed by atoms with van der Waals surface area (Å²) in [5.41, 5.74) is 1.53. The van der Waals surface area contributed by atoms with Gasteiger partial charge in [-0.3, -0.25) is 9.78 Å². The zero-order valence-corrected chi connectivity index (χ0v) is 23.2. The molecule has 36 heavy (non-hydrogen) atoms. The van der Waals surface area contributed by atoms with Gasteiger partial charge in [0.05, 0.1) is 11.8 Å². The maximum absolute atomic E-state index is 12.0. The lowest BCUT2D eigenvalue weighted by Crippen LogP contribution is -2.59. The molecule has 4 saturated carbocycles. The van der Waals surface area contributed by atoms with Gasteiger partial charge in [0, 0.05) is 31.6 Å². The maximum Gasteiger partial charge on any atom is 0.132 e. The van der Waals surface area contributed by atoms with Crippen molar-refractivity contribution in [2.45, 2.75) is 117 Å². The molecule has 1 aromatic rings. The molecule has 4 aliphatic rings. The summed E-state index contributed by atoms with van der Waals surface area (Å²) in [5, 5.41) is 15.6. The van der Waals surface area contributed by atoms with Crippen molar-refractivity contribution in [2.75, 3.05) is 0 Å². The Kier molecular flexibility index (Phi) is 7.67. The molecule has 1 heterocycles. The number of hydrogen-bond acceptors (Lipinski definition) is 4. The SMILES string of the molecule is CCC(=O)CC[C@@H](C)[C@H]1CCC2C3CC[C@H]4C[C@@H](NCc5ccccn5)CC[C@]4(C)C3C[C@H](O)[C@@]21C. The van der Waals surface area contributed by atoms with E-state index in [0.717, 1.165) is 36.9 Å². The van der Waals surface area contributed by atoms with Crippen LogP contribution >= 0.6 is 0 Å². The van der Waals surface area contributed by atoms with E-state index < -0.39 is 0 Å². The Morgan fingerprint density at radius 2 is 1.97 bits per heavy atom. The minimum atomic E-state index is -0.198. The van der Waals surface area contributed by atoms with Gasteiger partial charge >= 0.3 is 0 Å². The molecule has 0 amide bonds. The minimum absolute atomic E-state index is 0.0283. The minimum Gasteiger partial charge on any atom is -0.393 e. The van der Waals surface area contributed by atoms with Gasteiger partial charge in [-0.25, -0.2) is 0 Å². The van der Waals surface area contributed by atoms with E-state index in [0.29, 0.717) is 53.8 Å². The number of nitrogens with zero attached hydrogens (tertiary/aromatic N) is 1. The summed E-state index contributed by atoms with van der Waals surface area (Å²) in [4.78, 5) is 16.5. The van der Waals surface area contributed by atoms with Crippen LogP contribution in [0.2, 0.25) is 0 Å². The van der Waals surface area contributed by atoms with Crippen LogP contribution in [0.1, 0.15) is 104 Å². The molecule has 0 bridgehead atoms. The topological polar surface area (TPSA) is 62.2 Å². The second-order valence-corrected chi connectivity index (χ2v) is 13.5. The summed E-state index contributed by atoms with van der Waals surface area (Å²) >= 11 is 0. The standard InChI is InChI=1S/C32H50N2O2/c1-5-25(35)11-9-21(2)27-13-14-28-26-12-10-22-18-23(34-20-24-8-6-7-17-33-24)15-16-31(22,3)29(26)19-30(36)32(27,28)4/h6-8,17,21-23,26-30,34,36H,5,9-16,18-20H2,1-4H3/t21-,22+,23+,26?,27-,28?,29?,30+,31+,32-/m1/s1. The molecular weight excluding hydrogens is 444 g/mol. The molecule has 5 rings (SSSR count). The average Bonchev–Trinajstić information content (AvgIpc) is 3.25. The van der Waals surface area contributed by atoms with Gasteiger partial charge in [0.2, 0.25) is 0 Å². The summed E-state index contributed by atoms with van der Waals surface area (Å²) < 4.78 is 0. The number of aliphatic hydroxyl groups is 1. The first kappa shape index (κ1) is 26.4. The van der Waals surface area contributed by atoms with Crippen LogP contribution in [0, 0.1) is 46.3 Å². The van der Waals surface area contributed by atoms with E-state index in [1.807, 2.05) is 19.2 Å². The predicted octanol–water partition coefficient (Wildman–Crippen LogP) is 6.56. The van der Waals surface area contributed by atoms with Crippen molar-refractivity contribution in [3.8, 4) is 0 Å². The first-order valence-electron chi connectivity index (χ1n) is 15.1. The average molecular weight is 495 g/mol. The van der Waals surface area contributed by atoms with Gasteiger partial charge in [-0.05, 0) is 116 Å². The number of carbonyl (C=O) groups is 1. The second kappa shape index (κ2) is 10.5. The monoisotopic (exact) mass is 494 g/mol. The second-order valence-electron chi connectivity index (χ2n) is 13.5. The summed E-state index contributed by atoms with van der Waals surface area (Å²) in [6, 6.07) is 6.76. The zero-order chi connectivity index (χ0) is 25.5. The number of aliphatic hydroxyl groups excluding tert-OH is 1. The molecule has 0 aromatic carbocycles. The Morgan fingerprint density at radius 3 is 2.72 bits per heavy atom. The molecule has 0 spiro atoms. The zero-order valence-electron chi connectivity index (χ0n) is 23.2. The van der Waals surface area contributed by atoms with Crippen LogP contribution in [-0.4, -0.2) is 28.0 Å². The first-order valence-corrected chi connectivity index (χ1v) is 15.1. The van der Waals surface area contributed by atoms with E-state index in [1.54, 1.807) is 0 Å². The van der Waals surface area contributed by atoms with Crippen LogP contribution in [-0.2, 0) is 11.3 Å². The molecule has 10 atom stereocenters. The fourth-order valence-corrected chi connectivity index (χ4v) is 9.89. The Labute approximate surface area is 219 Å². The fraction of sp³-hybridized carbons (Fsp3) is 0.812. The number of pyridine rings is 1. The largest absolute Gasteiger partial charge is 0.393 e. The van der Waals surface area contributed by atoms with Crippen molar-refractivity contribution < 1.29 is 9.90 Å². The molecule has 0 aliphatic heterocycles. The Morgan fingerprint density at radius 1 is 1.14 bits per heavy atom. The third-order valence-electron chi connectivity index (χ3n) is 12.1. The summed E-state index contributed by atoms with van der Waals surface area (Å²) in [6.07, 6.45) is 14.1. The Balaban J connectivity index is 1.25. The van der Waals surface area contributed by atoms with Gasteiger partial charge in [-0.2, -0.15) is 0 Å². The highest BCUT2D eigenvalue weighted by molar-refractivity contribution is 5.77. The van der Waals surface area contributed by atoms with E-state index in [9.17, 15) is 9.90 Å². The lowest BCUT2D eigenvalue weighted by atomic mass is 9.43. The first-order chi connectivity index (χ1) is 17.3. The Bertz CT molecular complexity index is 905.